The molecule has 0 unspecified atom stereocenters. The van der Waals surface area contributed by atoms with Crippen molar-refractivity contribution in [2.24, 2.45) is 0 Å². The highest BCUT2D eigenvalue weighted by molar-refractivity contribution is 6.46. The minimum atomic E-state index is -0.835. The maximum atomic E-state index is 13.1. The maximum absolute atomic E-state index is 13.1. The van der Waals surface area contributed by atoms with E-state index >= 15 is 0 Å². The Morgan fingerprint density at radius 2 is 1.94 bits per heavy atom. The van der Waals surface area contributed by atoms with Crippen LogP contribution in [0.25, 0.3) is 5.76 Å². The number of methoxy groups -OCH3 is 2. The van der Waals surface area contributed by atoms with Crippen LogP contribution in [0, 0.1) is 13.8 Å². The monoisotopic (exact) mass is 428 g/mol. The molecule has 1 aliphatic heterocycles. The number of nitrogens with zero attached hydrogens (tertiary/aromatic N) is 3. The zero-order chi connectivity index (χ0) is 22.9. The number of benzene rings is 1. The minimum absolute atomic E-state index is 0.00269. The highest BCUT2D eigenvalue weighted by atomic mass is 16.5. The third-order valence-electron chi connectivity index (χ3n) is 5.42. The number of hydrogen-bond donors (Lipinski definition) is 2. The minimum Gasteiger partial charge on any atom is -0.507 e. The second-order valence-electron chi connectivity index (χ2n) is 7.69. The molecule has 0 radical (unpaired) electrons. The topological polar surface area (TPSA) is 108 Å². The van der Waals surface area contributed by atoms with Crippen molar-refractivity contribution in [3.05, 3.63) is 46.3 Å². The van der Waals surface area contributed by atoms with Gasteiger partial charge in [-0.3, -0.25) is 14.7 Å². The van der Waals surface area contributed by atoms with E-state index in [1.54, 1.807) is 32.0 Å². The Balaban J connectivity index is 2.28. The normalized spacial score (nSPS) is 18.2. The quantitative estimate of drug-likeness (QED) is 0.395. The number of ether oxygens (including phenoxy) is 2. The van der Waals surface area contributed by atoms with Crippen LogP contribution < -0.4 is 9.47 Å². The van der Waals surface area contributed by atoms with E-state index in [9.17, 15) is 14.7 Å². The van der Waals surface area contributed by atoms with E-state index < -0.39 is 17.7 Å². The fraction of sp³-hybridized carbons (Fsp3) is 0.409. The van der Waals surface area contributed by atoms with Gasteiger partial charge in [-0.15, -0.1) is 0 Å². The molecule has 9 heteroatoms. The first-order valence-corrected chi connectivity index (χ1v) is 9.88. The Morgan fingerprint density at radius 3 is 2.48 bits per heavy atom. The first kappa shape index (κ1) is 22.4. The third kappa shape index (κ3) is 3.88. The van der Waals surface area contributed by atoms with Gasteiger partial charge in [0.2, 0.25) is 0 Å². The number of ketones is 1. The molecule has 0 bridgehead atoms. The van der Waals surface area contributed by atoms with E-state index in [0.29, 0.717) is 47.1 Å². The lowest BCUT2D eigenvalue weighted by Crippen LogP contribution is -2.35. The van der Waals surface area contributed by atoms with Gasteiger partial charge in [-0.2, -0.15) is 5.10 Å². The molecule has 9 nitrogen and oxygen atoms in total. The Hall–Kier alpha value is -3.33. The molecule has 0 saturated carbocycles. The zero-order valence-electron chi connectivity index (χ0n) is 18.6. The number of carbonyl (C=O) groups is 2. The third-order valence-corrected chi connectivity index (χ3v) is 5.42. The van der Waals surface area contributed by atoms with Crippen LogP contribution >= 0.6 is 0 Å². The zero-order valence-corrected chi connectivity index (χ0v) is 18.6. The number of aryl methyl sites for hydroxylation is 2. The lowest BCUT2D eigenvalue weighted by Gasteiger charge is -2.28. The summed E-state index contributed by atoms with van der Waals surface area (Å²) in [5.41, 5.74) is 2.11. The molecule has 0 spiro atoms. The fourth-order valence-corrected chi connectivity index (χ4v) is 3.90. The van der Waals surface area contributed by atoms with E-state index in [0.717, 1.165) is 0 Å². The molecular weight excluding hydrogens is 400 g/mol. The molecule has 3 rings (SSSR count). The molecule has 2 heterocycles. The molecule has 31 heavy (non-hydrogen) atoms. The van der Waals surface area contributed by atoms with Crippen LogP contribution in [-0.2, 0) is 9.59 Å². The molecule has 2 N–H and O–H groups in total. The van der Waals surface area contributed by atoms with Crippen LogP contribution in [0.5, 0.6) is 11.5 Å². The van der Waals surface area contributed by atoms with Crippen molar-refractivity contribution >= 4 is 17.4 Å². The number of aliphatic hydroxyl groups is 1. The molecule has 1 aromatic heterocycles. The van der Waals surface area contributed by atoms with E-state index in [4.69, 9.17) is 9.47 Å². The summed E-state index contributed by atoms with van der Waals surface area (Å²) >= 11 is 0. The first-order valence-electron chi connectivity index (χ1n) is 9.88. The van der Waals surface area contributed by atoms with Gasteiger partial charge in [0, 0.05) is 24.3 Å². The van der Waals surface area contributed by atoms with Crippen molar-refractivity contribution in [1.29, 1.82) is 0 Å². The van der Waals surface area contributed by atoms with Crippen molar-refractivity contribution in [2.75, 3.05) is 41.4 Å². The van der Waals surface area contributed by atoms with Gasteiger partial charge >= 0.3 is 0 Å². The van der Waals surface area contributed by atoms with Gasteiger partial charge in [-0.1, -0.05) is 12.1 Å². The van der Waals surface area contributed by atoms with Gasteiger partial charge in [0.25, 0.3) is 11.7 Å². The Labute approximate surface area is 181 Å². The largest absolute Gasteiger partial charge is 0.507 e. The van der Waals surface area contributed by atoms with E-state index in [2.05, 4.69) is 10.2 Å². The van der Waals surface area contributed by atoms with Crippen molar-refractivity contribution in [3.8, 4) is 11.5 Å². The second-order valence-corrected chi connectivity index (χ2v) is 7.69. The standard InChI is InChI=1S/C22H28N4O5/c1-12-16(13(2)24-23-12)19(27)17-18(14-8-7-9-15(30-5)21(14)31-6)26(11-10-25(3)4)22(29)20(17)28/h7-9,18,27H,10-11H2,1-6H3,(H,23,24)/b19-17+/t18-/m0/s1. The van der Waals surface area contributed by atoms with Crippen LogP contribution in [0.1, 0.15) is 28.6 Å². The molecule has 1 fully saturated rings. The van der Waals surface area contributed by atoms with E-state index in [1.807, 2.05) is 19.0 Å². The van der Waals surface area contributed by atoms with E-state index in [1.165, 1.54) is 19.1 Å². The number of aliphatic hydroxyl groups excluding tert-OH is 1. The van der Waals surface area contributed by atoms with Gasteiger partial charge in [-0.25, -0.2) is 0 Å². The summed E-state index contributed by atoms with van der Waals surface area (Å²) in [6.07, 6.45) is 0. The molecule has 1 aromatic carbocycles. The lowest BCUT2D eigenvalue weighted by molar-refractivity contribution is -0.140. The highest BCUT2D eigenvalue weighted by Crippen LogP contribution is 2.45. The molecule has 0 aliphatic carbocycles. The smallest absolute Gasteiger partial charge is 0.295 e. The molecular formula is C22H28N4O5. The van der Waals surface area contributed by atoms with Gasteiger partial charge in [0.15, 0.2) is 11.5 Å². The number of amides is 1. The van der Waals surface area contributed by atoms with Crippen molar-refractivity contribution in [2.45, 2.75) is 19.9 Å². The van der Waals surface area contributed by atoms with Crippen molar-refractivity contribution < 1.29 is 24.2 Å². The summed E-state index contributed by atoms with van der Waals surface area (Å²) in [6, 6.07) is 4.43. The number of para-hydroxylation sites is 1. The molecule has 1 atom stereocenters. The molecule has 1 aliphatic rings. The summed E-state index contributed by atoms with van der Waals surface area (Å²) in [6.45, 7) is 4.31. The number of rotatable bonds is 7. The van der Waals surface area contributed by atoms with Gasteiger partial charge in [0.05, 0.1) is 37.1 Å². The number of H-pyrrole nitrogens is 1. The van der Waals surface area contributed by atoms with Crippen LogP contribution in [-0.4, -0.2) is 78.2 Å². The van der Waals surface area contributed by atoms with Crippen LogP contribution in [0.3, 0.4) is 0 Å². The average Bonchev–Trinajstić information content (AvgIpc) is 3.21. The number of aromatic amines is 1. The van der Waals surface area contributed by atoms with Crippen LogP contribution in [0.15, 0.2) is 23.8 Å². The van der Waals surface area contributed by atoms with Crippen LogP contribution in [0.2, 0.25) is 0 Å². The summed E-state index contributed by atoms with van der Waals surface area (Å²) in [5, 5.41) is 18.1. The summed E-state index contributed by atoms with van der Waals surface area (Å²) < 4.78 is 11.0. The number of hydrogen-bond acceptors (Lipinski definition) is 7. The molecule has 166 valence electrons. The highest BCUT2D eigenvalue weighted by Gasteiger charge is 2.47. The van der Waals surface area contributed by atoms with E-state index in [-0.39, 0.29) is 11.3 Å². The molecule has 1 amide bonds. The number of likely N-dealkylation sites (tertiary alicyclic amines) is 1. The number of Topliss-reactive ketones (excluding diaryl/α,β-unsaturated/α-hetero) is 1. The number of aromatic nitrogens is 2. The second kappa shape index (κ2) is 8.81. The summed E-state index contributed by atoms with van der Waals surface area (Å²) in [7, 11) is 6.78. The Kier molecular flexibility index (Phi) is 6.35. The Morgan fingerprint density at radius 1 is 1.23 bits per heavy atom. The van der Waals surface area contributed by atoms with Crippen molar-refractivity contribution in [1.82, 2.24) is 20.0 Å². The maximum Gasteiger partial charge on any atom is 0.295 e. The Bertz CT molecular complexity index is 1020. The van der Waals surface area contributed by atoms with Gasteiger partial charge in [-0.05, 0) is 34.0 Å². The molecule has 1 saturated heterocycles. The summed E-state index contributed by atoms with van der Waals surface area (Å²) in [5.74, 6) is -0.806. The fourth-order valence-electron chi connectivity index (χ4n) is 3.90. The van der Waals surface area contributed by atoms with Crippen molar-refractivity contribution in [3.63, 3.8) is 0 Å². The molecule has 2 aromatic rings. The lowest BCUT2D eigenvalue weighted by atomic mass is 9.94. The number of nitrogens with one attached hydrogen (secondary N) is 1. The SMILES string of the molecule is COc1cccc([C@H]2/C(=C(\O)c3c(C)n[nH]c3C)C(=O)C(=O)N2CCN(C)C)c1OC. The van der Waals surface area contributed by atoms with Gasteiger partial charge < -0.3 is 24.4 Å². The predicted octanol–water partition coefficient (Wildman–Crippen LogP) is 2.03. The number of carbonyl (C=O) groups excluding carboxylic acids is 2. The number of likely N-dealkylation sites (N-methyl/N-ethyl adjacent to an activating group) is 1. The predicted molar refractivity (Wildman–Crippen MR) is 115 cm³/mol. The summed E-state index contributed by atoms with van der Waals surface area (Å²) in [4.78, 5) is 29.5. The average molecular weight is 428 g/mol. The first-order chi connectivity index (χ1) is 14.7. The van der Waals surface area contributed by atoms with Gasteiger partial charge in [0.1, 0.15) is 5.76 Å². The van der Waals surface area contributed by atoms with Crippen LogP contribution in [0.4, 0.5) is 0 Å².